The average molecular weight is 275 g/mol. The summed E-state index contributed by atoms with van der Waals surface area (Å²) in [5.74, 6) is 0.727. The number of aliphatic hydroxyl groups is 1. The minimum atomic E-state index is 0.0432. The van der Waals surface area contributed by atoms with Crippen LogP contribution in [0.3, 0.4) is 0 Å². The predicted molar refractivity (Wildman–Crippen MR) is 81.1 cm³/mol. The number of hydrogen-bond donors (Lipinski definition) is 1. The standard InChI is InChI=1S/C17H25NO2/c1-13-7-6-10-16(11-13)18(12-14(2)19)17(20)15-8-4-3-5-9-15/h6,10-11,13,15,19H,2-5,7-9,12H2,1H3. The van der Waals surface area contributed by atoms with Crippen molar-refractivity contribution in [1.29, 1.82) is 0 Å². The van der Waals surface area contributed by atoms with Crippen molar-refractivity contribution in [2.75, 3.05) is 6.54 Å². The summed E-state index contributed by atoms with van der Waals surface area (Å²) < 4.78 is 0. The second-order valence-corrected chi connectivity index (χ2v) is 6.03. The van der Waals surface area contributed by atoms with Crippen LogP contribution in [-0.2, 0) is 4.79 Å². The molecule has 0 aliphatic heterocycles. The molecule has 0 aromatic rings. The molecular formula is C17H25NO2. The molecule has 0 aromatic carbocycles. The van der Waals surface area contributed by atoms with Gasteiger partial charge in [0.25, 0.3) is 0 Å². The van der Waals surface area contributed by atoms with Crippen molar-refractivity contribution in [2.45, 2.75) is 45.4 Å². The molecule has 2 aliphatic rings. The van der Waals surface area contributed by atoms with Crippen molar-refractivity contribution in [1.82, 2.24) is 4.90 Å². The molecule has 0 radical (unpaired) electrons. The Morgan fingerprint density at radius 2 is 2.10 bits per heavy atom. The van der Waals surface area contributed by atoms with Crippen molar-refractivity contribution in [2.24, 2.45) is 11.8 Å². The van der Waals surface area contributed by atoms with Gasteiger partial charge in [0.05, 0.1) is 6.54 Å². The summed E-state index contributed by atoms with van der Waals surface area (Å²) in [5.41, 5.74) is 0.912. The maximum atomic E-state index is 12.7. The summed E-state index contributed by atoms with van der Waals surface area (Å²) in [5, 5.41) is 9.53. The molecule has 1 fully saturated rings. The van der Waals surface area contributed by atoms with Crippen molar-refractivity contribution in [3.8, 4) is 0 Å². The molecule has 1 saturated carbocycles. The lowest BCUT2D eigenvalue weighted by atomic mass is 9.88. The van der Waals surface area contributed by atoms with E-state index in [-0.39, 0.29) is 24.1 Å². The van der Waals surface area contributed by atoms with Gasteiger partial charge < -0.3 is 10.0 Å². The molecule has 0 saturated heterocycles. The second-order valence-electron chi connectivity index (χ2n) is 6.03. The molecule has 1 unspecified atom stereocenters. The van der Waals surface area contributed by atoms with Gasteiger partial charge in [-0.15, -0.1) is 0 Å². The van der Waals surface area contributed by atoms with Gasteiger partial charge in [0.2, 0.25) is 5.91 Å². The van der Waals surface area contributed by atoms with E-state index >= 15 is 0 Å². The van der Waals surface area contributed by atoms with Gasteiger partial charge >= 0.3 is 0 Å². The number of nitrogens with zero attached hydrogens (tertiary/aromatic N) is 1. The molecule has 1 atom stereocenters. The molecule has 0 heterocycles. The average Bonchev–Trinajstić information content (AvgIpc) is 2.45. The number of rotatable bonds is 4. The summed E-state index contributed by atoms with van der Waals surface area (Å²) in [4.78, 5) is 14.5. The Bertz CT molecular complexity index is 430. The normalized spacial score (nSPS) is 23.2. The molecule has 1 N–H and O–H groups in total. The van der Waals surface area contributed by atoms with E-state index in [1.165, 1.54) is 6.42 Å². The minimum absolute atomic E-state index is 0.0432. The number of aliphatic hydroxyl groups excluding tert-OH is 1. The molecule has 0 spiro atoms. The van der Waals surface area contributed by atoms with Crippen LogP contribution in [-0.4, -0.2) is 22.5 Å². The third kappa shape index (κ3) is 3.75. The lowest BCUT2D eigenvalue weighted by molar-refractivity contribution is -0.134. The molecular weight excluding hydrogens is 250 g/mol. The summed E-state index contributed by atoms with van der Waals surface area (Å²) in [6.45, 7) is 5.89. The van der Waals surface area contributed by atoms with E-state index in [9.17, 15) is 9.90 Å². The van der Waals surface area contributed by atoms with Crippen LogP contribution in [0.4, 0.5) is 0 Å². The second kappa shape index (κ2) is 6.78. The molecule has 0 bridgehead atoms. The molecule has 1 amide bonds. The molecule has 20 heavy (non-hydrogen) atoms. The third-order valence-electron chi connectivity index (χ3n) is 4.12. The first-order chi connectivity index (χ1) is 9.58. The van der Waals surface area contributed by atoms with E-state index in [1.807, 2.05) is 6.08 Å². The first-order valence-electron chi connectivity index (χ1n) is 7.64. The third-order valence-corrected chi connectivity index (χ3v) is 4.12. The molecule has 0 aromatic heterocycles. The van der Waals surface area contributed by atoms with Crippen molar-refractivity contribution >= 4 is 5.91 Å². The van der Waals surface area contributed by atoms with Crippen molar-refractivity contribution in [3.63, 3.8) is 0 Å². The van der Waals surface area contributed by atoms with Crippen LogP contribution >= 0.6 is 0 Å². The Hall–Kier alpha value is -1.51. The Morgan fingerprint density at radius 1 is 1.40 bits per heavy atom. The van der Waals surface area contributed by atoms with Gasteiger partial charge in [-0.2, -0.15) is 0 Å². The van der Waals surface area contributed by atoms with Crippen molar-refractivity contribution < 1.29 is 9.90 Å². The fraction of sp³-hybridized carbons (Fsp3) is 0.588. The number of carbonyl (C=O) groups excluding carboxylic acids is 1. The van der Waals surface area contributed by atoms with Gasteiger partial charge in [0.15, 0.2) is 0 Å². The van der Waals surface area contributed by atoms with E-state index in [1.54, 1.807) is 4.90 Å². The van der Waals surface area contributed by atoms with E-state index in [4.69, 9.17) is 0 Å². The van der Waals surface area contributed by atoms with Crippen LogP contribution in [0.15, 0.2) is 36.3 Å². The summed E-state index contributed by atoms with van der Waals surface area (Å²) >= 11 is 0. The van der Waals surface area contributed by atoms with Gasteiger partial charge in [-0.1, -0.05) is 44.9 Å². The Kier molecular flexibility index (Phi) is 5.05. The first kappa shape index (κ1) is 14.9. The zero-order chi connectivity index (χ0) is 14.5. The minimum Gasteiger partial charge on any atom is -0.511 e. The zero-order valence-corrected chi connectivity index (χ0v) is 12.3. The predicted octanol–water partition coefficient (Wildman–Crippen LogP) is 3.95. The topological polar surface area (TPSA) is 40.5 Å². The first-order valence-corrected chi connectivity index (χ1v) is 7.64. The fourth-order valence-electron chi connectivity index (χ4n) is 3.05. The van der Waals surface area contributed by atoms with Crippen LogP contribution < -0.4 is 0 Å². The number of amides is 1. The maximum absolute atomic E-state index is 12.7. The lowest BCUT2D eigenvalue weighted by Gasteiger charge is -2.31. The Labute approximate surface area is 121 Å². The SMILES string of the molecule is C=C(O)CN(C(=O)C1CCCCC1)C1=CC(C)CC=C1. The summed E-state index contributed by atoms with van der Waals surface area (Å²) in [6, 6.07) is 0. The van der Waals surface area contributed by atoms with Gasteiger partial charge in [0.1, 0.15) is 5.76 Å². The van der Waals surface area contributed by atoms with E-state index in [2.05, 4.69) is 25.7 Å². The summed E-state index contributed by atoms with van der Waals surface area (Å²) in [7, 11) is 0. The largest absolute Gasteiger partial charge is 0.511 e. The van der Waals surface area contributed by atoms with E-state index in [0.717, 1.165) is 37.8 Å². The molecule has 3 nitrogen and oxygen atoms in total. The van der Waals surface area contributed by atoms with Gasteiger partial charge in [0, 0.05) is 11.6 Å². The summed E-state index contributed by atoms with van der Waals surface area (Å²) in [6.07, 6.45) is 12.7. The molecule has 2 rings (SSSR count). The van der Waals surface area contributed by atoms with E-state index in [0.29, 0.717) is 5.92 Å². The maximum Gasteiger partial charge on any atom is 0.230 e. The highest BCUT2D eigenvalue weighted by atomic mass is 16.3. The van der Waals surface area contributed by atoms with Gasteiger partial charge in [-0.3, -0.25) is 4.79 Å². The van der Waals surface area contributed by atoms with Crippen LogP contribution in [0.5, 0.6) is 0 Å². The van der Waals surface area contributed by atoms with Crippen LogP contribution in [0.1, 0.15) is 45.4 Å². The van der Waals surface area contributed by atoms with E-state index < -0.39 is 0 Å². The fourth-order valence-corrected chi connectivity index (χ4v) is 3.05. The molecule has 110 valence electrons. The number of carbonyl (C=O) groups is 1. The van der Waals surface area contributed by atoms with Crippen molar-refractivity contribution in [3.05, 3.63) is 36.3 Å². The van der Waals surface area contributed by atoms with Crippen LogP contribution in [0.25, 0.3) is 0 Å². The highest BCUT2D eigenvalue weighted by Crippen LogP contribution is 2.28. The number of hydrogen-bond acceptors (Lipinski definition) is 2. The zero-order valence-electron chi connectivity index (χ0n) is 12.3. The van der Waals surface area contributed by atoms with Crippen LogP contribution in [0.2, 0.25) is 0 Å². The molecule has 2 aliphatic carbocycles. The number of allylic oxidation sites excluding steroid dienone is 3. The smallest absolute Gasteiger partial charge is 0.230 e. The van der Waals surface area contributed by atoms with Crippen LogP contribution in [0, 0.1) is 11.8 Å². The lowest BCUT2D eigenvalue weighted by Crippen LogP contribution is -2.37. The monoisotopic (exact) mass is 275 g/mol. The van der Waals surface area contributed by atoms with Gasteiger partial charge in [-0.05, 0) is 31.3 Å². The van der Waals surface area contributed by atoms with Gasteiger partial charge in [-0.25, -0.2) is 0 Å². The highest BCUT2D eigenvalue weighted by Gasteiger charge is 2.28. The Balaban J connectivity index is 2.16. The quantitative estimate of drug-likeness (QED) is 0.789. The Morgan fingerprint density at radius 3 is 2.70 bits per heavy atom. The molecule has 3 heteroatoms. The highest BCUT2D eigenvalue weighted by molar-refractivity contribution is 5.81.